The number of carbonyl (C=O) groups is 2. The van der Waals surface area contributed by atoms with E-state index >= 15 is 0 Å². The number of hydrogen-bond donors (Lipinski definition) is 2. The van der Waals surface area contributed by atoms with Crippen molar-refractivity contribution in [2.45, 2.75) is 19.3 Å². The topological polar surface area (TPSA) is 97.5 Å². The highest BCUT2D eigenvalue weighted by Gasteiger charge is 2.21. The van der Waals surface area contributed by atoms with Gasteiger partial charge < -0.3 is 20.7 Å². The Balaban J connectivity index is 1.79. The van der Waals surface area contributed by atoms with Gasteiger partial charge in [0, 0.05) is 30.5 Å². The molecule has 1 aliphatic rings. The fraction of sp³-hybridized carbons (Fsp3) is 0.389. The van der Waals surface area contributed by atoms with E-state index in [0.717, 1.165) is 30.9 Å². The maximum Gasteiger partial charge on any atom is 0.275 e. The monoisotopic (exact) mass is 374 g/mol. The van der Waals surface area contributed by atoms with Crippen LogP contribution in [-0.2, 0) is 6.42 Å². The summed E-state index contributed by atoms with van der Waals surface area (Å²) in [6, 6.07) is 5.07. The average Bonchev–Trinajstić information content (AvgIpc) is 3.33. The predicted octanol–water partition coefficient (Wildman–Crippen LogP) is 2.14. The second-order valence-corrected chi connectivity index (χ2v) is 6.98. The summed E-state index contributed by atoms with van der Waals surface area (Å²) in [5, 5.41) is 5.32. The molecule has 0 bridgehead atoms. The zero-order valence-corrected chi connectivity index (χ0v) is 15.5. The van der Waals surface area contributed by atoms with Crippen LogP contribution in [0, 0.1) is 0 Å². The van der Waals surface area contributed by atoms with E-state index in [1.54, 1.807) is 23.6 Å². The Morgan fingerprint density at radius 2 is 2.12 bits per heavy atom. The lowest BCUT2D eigenvalue weighted by molar-refractivity contribution is 0.0792. The van der Waals surface area contributed by atoms with Crippen molar-refractivity contribution < 1.29 is 14.3 Å². The number of thiazole rings is 1. The number of likely N-dealkylation sites (tertiary alicyclic amines) is 1. The van der Waals surface area contributed by atoms with Gasteiger partial charge in [-0.15, -0.1) is 11.3 Å². The Labute approximate surface area is 156 Å². The van der Waals surface area contributed by atoms with Crippen LogP contribution in [0.2, 0.25) is 0 Å². The second-order valence-electron chi connectivity index (χ2n) is 6.03. The van der Waals surface area contributed by atoms with Crippen molar-refractivity contribution in [2.24, 2.45) is 5.73 Å². The zero-order valence-electron chi connectivity index (χ0n) is 14.7. The van der Waals surface area contributed by atoms with Crippen LogP contribution in [0.4, 0.5) is 5.69 Å². The van der Waals surface area contributed by atoms with Gasteiger partial charge in [0.1, 0.15) is 11.4 Å². The number of aromatic nitrogens is 1. The van der Waals surface area contributed by atoms with E-state index in [1.165, 1.54) is 18.4 Å². The van der Waals surface area contributed by atoms with E-state index < -0.39 is 0 Å². The van der Waals surface area contributed by atoms with Gasteiger partial charge in [-0.3, -0.25) is 9.59 Å². The van der Waals surface area contributed by atoms with Crippen LogP contribution in [0.5, 0.6) is 5.75 Å². The minimum Gasteiger partial charge on any atom is -0.495 e. The van der Waals surface area contributed by atoms with Crippen molar-refractivity contribution in [3.63, 3.8) is 0 Å². The largest absolute Gasteiger partial charge is 0.495 e. The SMILES string of the molecule is COc1ccc(C(=O)N2CCCC2)cc1NC(=O)c1csc(CCN)n1. The Hall–Kier alpha value is -2.45. The predicted molar refractivity (Wildman–Crippen MR) is 101 cm³/mol. The molecule has 2 heterocycles. The fourth-order valence-electron chi connectivity index (χ4n) is 2.88. The quantitative estimate of drug-likeness (QED) is 0.807. The number of anilines is 1. The van der Waals surface area contributed by atoms with E-state index in [0.29, 0.717) is 35.7 Å². The highest BCUT2D eigenvalue weighted by atomic mass is 32.1. The van der Waals surface area contributed by atoms with Gasteiger partial charge in [-0.25, -0.2) is 4.98 Å². The molecule has 0 saturated carbocycles. The van der Waals surface area contributed by atoms with Crippen LogP contribution in [-0.4, -0.2) is 48.4 Å². The third kappa shape index (κ3) is 4.03. The Morgan fingerprint density at radius 3 is 2.81 bits per heavy atom. The summed E-state index contributed by atoms with van der Waals surface area (Å²) in [6.45, 7) is 2.04. The van der Waals surface area contributed by atoms with E-state index in [1.807, 2.05) is 4.90 Å². The molecule has 0 spiro atoms. The van der Waals surface area contributed by atoms with Gasteiger partial charge in [-0.1, -0.05) is 0 Å². The molecule has 138 valence electrons. The maximum absolute atomic E-state index is 12.6. The lowest BCUT2D eigenvalue weighted by Gasteiger charge is -2.17. The van der Waals surface area contributed by atoms with Crippen LogP contribution in [0.25, 0.3) is 0 Å². The number of benzene rings is 1. The van der Waals surface area contributed by atoms with Gasteiger partial charge in [0.05, 0.1) is 17.8 Å². The van der Waals surface area contributed by atoms with Gasteiger partial charge in [0.15, 0.2) is 0 Å². The number of nitrogens with one attached hydrogen (secondary N) is 1. The van der Waals surface area contributed by atoms with E-state index in [-0.39, 0.29) is 11.8 Å². The molecule has 7 nitrogen and oxygen atoms in total. The summed E-state index contributed by atoms with van der Waals surface area (Å²) in [6.07, 6.45) is 2.70. The molecule has 2 aromatic rings. The molecule has 0 aliphatic carbocycles. The number of rotatable bonds is 6. The first-order chi connectivity index (χ1) is 12.6. The highest BCUT2D eigenvalue weighted by Crippen LogP contribution is 2.27. The molecule has 1 aromatic heterocycles. The van der Waals surface area contributed by atoms with Gasteiger partial charge in [-0.05, 0) is 37.6 Å². The molecule has 0 atom stereocenters. The first-order valence-corrected chi connectivity index (χ1v) is 9.43. The summed E-state index contributed by atoms with van der Waals surface area (Å²) in [7, 11) is 1.52. The number of nitrogens with zero attached hydrogens (tertiary/aromatic N) is 2. The van der Waals surface area contributed by atoms with Crippen molar-refractivity contribution in [3.8, 4) is 5.75 Å². The van der Waals surface area contributed by atoms with Crippen molar-refractivity contribution in [1.29, 1.82) is 0 Å². The number of ether oxygens (including phenoxy) is 1. The molecular weight excluding hydrogens is 352 g/mol. The molecule has 26 heavy (non-hydrogen) atoms. The molecular formula is C18H22N4O3S. The number of hydrogen-bond acceptors (Lipinski definition) is 6. The normalized spacial score (nSPS) is 13.7. The summed E-state index contributed by atoms with van der Waals surface area (Å²) >= 11 is 1.40. The number of amides is 2. The van der Waals surface area contributed by atoms with Crippen LogP contribution in [0.1, 0.15) is 38.7 Å². The molecule has 3 rings (SSSR count). The minimum absolute atomic E-state index is 0.0282. The number of methoxy groups -OCH3 is 1. The highest BCUT2D eigenvalue weighted by molar-refractivity contribution is 7.09. The van der Waals surface area contributed by atoms with Gasteiger partial charge in [0.25, 0.3) is 11.8 Å². The van der Waals surface area contributed by atoms with Crippen LogP contribution < -0.4 is 15.8 Å². The van der Waals surface area contributed by atoms with Crippen molar-refractivity contribution in [3.05, 3.63) is 39.8 Å². The molecule has 1 aliphatic heterocycles. The second kappa shape index (κ2) is 8.29. The molecule has 1 fully saturated rings. The van der Waals surface area contributed by atoms with E-state index in [2.05, 4.69) is 10.3 Å². The van der Waals surface area contributed by atoms with Crippen molar-refractivity contribution >= 4 is 28.8 Å². The summed E-state index contributed by atoms with van der Waals surface area (Å²) < 4.78 is 5.31. The number of nitrogens with two attached hydrogens (primary N) is 1. The Kier molecular flexibility index (Phi) is 5.85. The van der Waals surface area contributed by atoms with Gasteiger partial charge in [0.2, 0.25) is 0 Å². The van der Waals surface area contributed by atoms with Crippen LogP contribution >= 0.6 is 11.3 Å². The summed E-state index contributed by atoms with van der Waals surface area (Å²) in [5.74, 6) is 0.127. The molecule has 3 N–H and O–H groups in total. The first kappa shape index (κ1) is 18.3. The molecule has 2 amide bonds. The van der Waals surface area contributed by atoms with Crippen LogP contribution in [0.15, 0.2) is 23.6 Å². The lowest BCUT2D eigenvalue weighted by atomic mass is 10.1. The zero-order chi connectivity index (χ0) is 18.5. The molecule has 1 aromatic carbocycles. The molecule has 0 radical (unpaired) electrons. The number of carbonyl (C=O) groups excluding carboxylic acids is 2. The maximum atomic E-state index is 12.6. The van der Waals surface area contributed by atoms with Crippen molar-refractivity contribution in [2.75, 3.05) is 32.1 Å². The van der Waals surface area contributed by atoms with E-state index in [9.17, 15) is 9.59 Å². The third-order valence-corrected chi connectivity index (χ3v) is 5.14. The summed E-state index contributed by atoms with van der Waals surface area (Å²) in [5.41, 5.74) is 6.84. The molecule has 1 saturated heterocycles. The lowest BCUT2D eigenvalue weighted by Crippen LogP contribution is -2.27. The standard InChI is InChI=1S/C18H22N4O3S/c1-25-15-5-4-12(18(24)22-8-2-3-9-22)10-13(15)21-17(23)14-11-26-16(20-14)6-7-19/h4-5,10-11H,2-3,6-9,19H2,1H3,(H,21,23). The minimum atomic E-state index is -0.339. The van der Waals surface area contributed by atoms with Gasteiger partial charge in [-0.2, -0.15) is 0 Å². The average molecular weight is 374 g/mol. The molecule has 8 heteroatoms. The van der Waals surface area contributed by atoms with E-state index in [4.69, 9.17) is 10.5 Å². The first-order valence-electron chi connectivity index (χ1n) is 8.55. The summed E-state index contributed by atoms with van der Waals surface area (Å²) in [4.78, 5) is 31.2. The third-order valence-electron chi connectivity index (χ3n) is 4.23. The smallest absolute Gasteiger partial charge is 0.275 e. The van der Waals surface area contributed by atoms with Gasteiger partial charge >= 0.3 is 0 Å². The Bertz CT molecular complexity index is 799. The molecule has 0 unspecified atom stereocenters. The van der Waals surface area contributed by atoms with Crippen molar-refractivity contribution in [1.82, 2.24) is 9.88 Å². The Morgan fingerprint density at radius 1 is 1.35 bits per heavy atom. The fourth-order valence-corrected chi connectivity index (χ4v) is 3.68. The van der Waals surface area contributed by atoms with Crippen LogP contribution in [0.3, 0.4) is 0 Å².